The summed E-state index contributed by atoms with van der Waals surface area (Å²) in [5.41, 5.74) is 2.14. The maximum absolute atomic E-state index is 13.0. The number of carbonyl (C=O) groups excluding carboxylic acids is 1. The number of nitrogens with one attached hydrogen (secondary N) is 1. The quantitative estimate of drug-likeness (QED) is 0.697. The molecule has 2 aromatic heterocycles. The molecular weight excluding hydrogens is 394 g/mol. The number of ether oxygens (including phenoxy) is 2. The van der Waals surface area contributed by atoms with E-state index in [0.29, 0.717) is 16.7 Å². The molecule has 1 unspecified atom stereocenters. The molecule has 28 heavy (non-hydrogen) atoms. The van der Waals surface area contributed by atoms with Crippen LogP contribution in [-0.4, -0.2) is 46.6 Å². The number of fused-ring (bicyclic) bond motifs is 1. The topological polar surface area (TPSA) is 67.5 Å². The lowest BCUT2D eigenvalue weighted by atomic mass is 10.1. The highest BCUT2D eigenvalue weighted by molar-refractivity contribution is 7.99. The molecule has 1 saturated heterocycles. The number of aromatic amines is 1. The standard InChI is InChI=1S/C20H19N3O3S2/c24-20(23-6-5-19(28-9-7-23)18-2-1-8-27-18)15-11-14(21-22-15)13-3-4-16-17(10-13)26-12-25-16/h1-4,8,10-11,19H,5-7,9,12H2,(H,21,22). The molecular formula is C20H19N3O3S2. The van der Waals surface area contributed by atoms with Gasteiger partial charge in [-0.15, -0.1) is 11.3 Å². The van der Waals surface area contributed by atoms with Crippen molar-refractivity contribution in [3.05, 3.63) is 52.3 Å². The second kappa shape index (κ2) is 7.52. The molecule has 0 saturated carbocycles. The van der Waals surface area contributed by atoms with Gasteiger partial charge in [-0.2, -0.15) is 16.9 Å². The van der Waals surface area contributed by atoms with Crippen molar-refractivity contribution in [2.45, 2.75) is 11.7 Å². The van der Waals surface area contributed by atoms with E-state index in [2.05, 4.69) is 27.7 Å². The minimum Gasteiger partial charge on any atom is -0.454 e. The van der Waals surface area contributed by atoms with Crippen molar-refractivity contribution in [1.29, 1.82) is 0 Å². The van der Waals surface area contributed by atoms with Crippen LogP contribution < -0.4 is 9.47 Å². The number of nitrogens with zero attached hydrogens (tertiary/aromatic N) is 2. The van der Waals surface area contributed by atoms with Gasteiger partial charge in [-0.3, -0.25) is 9.89 Å². The third-order valence-electron chi connectivity index (χ3n) is 4.97. The second-order valence-electron chi connectivity index (χ2n) is 6.69. The van der Waals surface area contributed by atoms with Crippen molar-refractivity contribution in [1.82, 2.24) is 15.1 Å². The van der Waals surface area contributed by atoms with Crippen LogP contribution in [0.15, 0.2) is 41.8 Å². The van der Waals surface area contributed by atoms with E-state index in [4.69, 9.17) is 9.47 Å². The van der Waals surface area contributed by atoms with Gasteiger partial charge in [0.25, 0.3) is 5.91 Å². The Bertz CT molecular complexity index is 987. The zero-order chi connectivity index (χ0) is 18.9. The minimum atomic E-state index is 0.00641. The molecule has 144 valence electrons. The molecule has 0 aliphatic carbocycles. The fourth-order valence-corrected chi connectivity index (χ4v) is 5.72. The van der Waals surface area contributed by atoms with E-state index in [1.807, 2.05) is 40.9 Å². The molecule has 1 aromatic carbocycles. The molecule has 3 aromatic rings. The average molecular weight is 414 g/mol. The first-order valence-electron chi connectivity index (χ1n) is 9.17. The summed E-state index contributed by atoms with van der Waals surface area (Å²) in [4.78, 5) is 16.3. The highest BCUT2D eigenvalue weighted by atomic mass is 32.2. The van der Waals surface area contributed by atoms with Gasteiger partial charge in [0.15, 0.2) is 11.5 Å². The zero-order valence-corrected chi connectivity index (χ0v) is 16.7. The van der Waals surface area contributed by atoms with E-state index < -0.39 is 0 Å². The average Bonchev–Trinajstić information content (AvgIpc) is 3.46. The molecule has 4 heterocycles. The van der Waals surface area contributed by atoms with Crippen molar-refractivity contribution in [2.24, 2.45) is 0 Å². The van der Waals surface area contributed by atoms with Crippen molar-refractivity contribution >= 4 is 29.0 Å². The molecule has 0 spiro atoms. The van der Waals surface area contributed by atoms with E-state index in [1.54, 1.807) is 11.3 Å². The molecule has 1 fully saturated rings. The summed E-state index contributed by atoms with van der Waals surface area (Å²) < 4.78 is 10.8. The summed E-state index contributed by atoms with van der Waals surface area (Å²) in [6, 6.07) is 11.8. The van der Waals surface area contributed by atoms with Gasteiger partial charge in [0.1, 0.15) is 5.69 Å². The van der Waals surface area contributed by atoms with Crippen molar-refractivity contribution < 1.29 is 14.3 Å². The Hall–Kier alpha value is -2.45. The van der Waals surface area contributed by atoms with Gasteiger partial charge in [-0.1, -0.05) is 6.07 Å². The molecule has 2 aliphatic heterocycles. The number of thiophene rings is 1. The fourth-order valence-electron chi connectivity index (χ4n) is 3.48. The van der Waals surface area contributed by atoms with Crippen LogP contribution in [0.2, 0.25) is 0 Å². The number of carbonyl (C=O) groups is 1. The SMILES string of the molecule is O=C(c1cc(-c2ccc3c(c2)OCO3)n[nH]1)N1CCSC(c2cccs2)CC1. The molecule has 2 aliphatic rings. The lowest BCUT2D eigenvalue weighted by molar-refractivity contribution is 0.0760. The number of benzene rings is 1. The third-order valence-corrected chi connectivity index (χ3v) is 7.41. The number of hydrogen-bond acceptors (Lipinski definition) is 6. The first kappa shape index (κ1) is 17.6. The maximum Gasteiger partial charge on any atom is 0.271 e. The highest BCUT2D eigenvalue weighted by Gasteiger charge is 2.25. The number of hydrogen-bond donors (Lipinski definition) is 1. The Morgan fingerprint density at radius 3 is 3.00 bits per heavy atom. The van der Waals surface area contributed by atoms with Crippen LogP contribution in [0.4, 0.5) is 0 Å². The first-order chi connectivity index (χ1) is 13.8. The van der Waals surface area contributed by atoms with Crippen LogP contribution in [0.3, 0.4) is 0 Å². The van der Waals surface area contributed by atoms with Crippen LogP contribution in [0.1, 0.15) is 27.0 Å². The Morgan fingerprint density at radius 1 is 1.18 bits per heavy atom. The summed E-state index contributed by atoms with van der Waals surface area (Å²) in [6.07, 6.45) is 0.972. The van der Waals surface area contributed by atoms with Crippen molar-refractivity contribution in [3.8, 4) is 22.8 Å². The number of H-pyrrole nitrogens is 1. The highest BCUT2D eigenvalue weighted by Crippen LogP contribution is 2.37. The van der Waals surface area contributed by atoms with Crippen LogP contribution in [0.5, 0.6) is 11.5 Å². The van der Waals surface area contributed by atoms with Gasteiger partial charge >= 0.3 is 0 Å². The van der Waals surface area contributed by atoms with Gasteiger partial charge in [-0.05, 0) is 42.1 Å². The lowest BCUT2D eigenvalue weighted by Crippen LogP contribution is -2.33. The van der Waals surface area contributed by atoms with Crippen LogP contribution in [-0.2, 0) is 0 Å². The fraction of sp³-hybridized carbons (Fsp3) is 0.300. The second-order valence-corrected chi connectivity index (χ2v) is 8.98. The van der Waals surface area contributed by atoms with E-state index in [-0.39, 0.29) is 12.7 Å². The number of thioether (sulfide) groups is 1. The molecule has 1 amide bonds. The predicted octanol–water partition coefficient (Wildman–Crippen LogP) is 4.19. The Balaban J connectivity index is 1.29. The molecule has 5 rings (SSSR count). The molecule has 0 radical (unpaired) electrons. The monoisotopic (exact) mass is 413 g/mol. The molecule has 6 nitrogen and oxygen atoms in total. The molecule has 1 atom stereocenters. The van der Waals surface area contributed by atoms with E-state index in [9.17, 15) is 4.79 Å². The normalized spacial score (nSPS) is 18.9. The van der Waals surface area contributed by atoms with E-state index in [1.165, 1.54) is 4.88 Å². The Labute approximate surface area is 170 Å². The number of aromatic nitrogens is 2. The van der Waals surface area contributed by atoms with E-state index >= 15 is 0 Å². The lowest BCUT2D eigenvalue weighted by Gasteiger charge is -2.19. The number of rotatable bonds is 3. The zero-order valence-electron chi connectivity index (χ0n) is 15.1. The Kier molecular flexibility index (Phi) is 4.74. The van der Waals surface area contributed by atoms with Gasteiger partial charge in [0.05, 0.1) is 5.69 Å². The largest absolute Gasteiger partial charge is 0.454 e. The van der Waals surface area contributed by atoms with Crippen LogP contribution in [0, 0.1) is 0 Å². The maximum atomic E-state index is 13.0. The van der Waals surface area contributed by atoms with Gasteiger partial charge in [0, 0.05) is 34.5 Å². The summed E-state index contributed by atoms with van der Waals surface area (Å²) >= 11 is 3.73. The summed E-state index contributed by atoms with van der Waals surface area (Å²) in [6.45, 7) is 1.75. The first-order valence-corrected chi connectivity index (χ1v) is 11.1. The molecule has 8 heteroatoms. The Morgan fingerprint density at radius 2 is 2.11 bits per heavy atom. The van der Waals surface area contributed by atoms with Gasteiger partial charge in [-0.25, -0.2) is 0 Å². The smallest absolute Gasteiger partial charge is 0.271 e. The summed E-state index contributed by atoms with van der Waals surface area (Å²) in [7, 11) is 0. The van der Waals surface area contributed by atoms with Crippen LogP contribution in [0.25, 0.3) is 11.3 Å². The van der Waals surface area contributed by atoms with Crippen molar-refractivity contribution in [3.63, 3.8) is 0 Å². The van der Waals surface area contributed by atoms with Gasteiger partial charge < -0.3 is 14.4 Å². The third kappa shape index (κ3) is 3.38. The predicted molar refractivity (Wildman–Crippen MR) is 110 cm³/mol. The number of amides is 1. The molecule has 1 N–H and O–H groups in total. The summed E-state index contributed by atoms with van der Waals surface area (Å²) in [5, 5.41) is 9.84. The van der Waals surface area contributed by atoms with Gasteiger partial charge in [0.2, 0.25) is 6.79 Å². The molecule has 0 bridgehead atoms. The van der Waals surface area contributed by atoms with E-state index in [0.717, 1.165) is 42.3 Å². The van der Waals surface area contributed by atoms with Crippen LogP contribution >= 0.6 is 23.1 Å². The van der Waals surface area contributed by atoms with Crippen molar-refractivity contribution in [2.75, 3.05) is 25.6 Å². The summed E-state index contributed by atoms with van der Waals surface area (Å²) in [5.74, 6) is 2.39. The minimum absolute atomic E-state index is 0.00641.